The fraction of sp³-hybridized carbons (Fsp3) is 0.923. The maximum absolute atomic E-state index is 10.6. The van der Waals surface area contributed by atoms with Crippen molar-refractivity contribution in [3.05, 3.63) is 0 Å². The number of carbonyl (C=O) groups excluding carboxylic acids is 1. The van der Waals surface area contributed by atoms with Crippen molar-refractivity contribution in [3.8, 4) is 0 Å². The third kappa shape index (κ3) is 26.3. The fourth-order valence-electron chi connectivity index (χ4n) is 1.11. The Bertz CT molecular complexity index is 161. The number of thiol groups is 1. The molecule has 0 heterocycles. The Morgan fingerprint density at radius 1 is 1.06 bits per heavy atom. The van der Waals surface area contributed by atoms with Gasteiger partial charge in [0.2, 0.25) is 0 Å². The topological polar surface area (TPSA) is 26.3 Å². The number of carbonyl (C=O) groups is 1. The Labute approximate surface area is 120 Å². The zero-order valence-electron chi connectivity index (χ0n) is 11.9. The molecular weight excluding hydrogens is 339 g/mol. The molecule has 0 unspecified atom stereocenters. The molecule has 17 heavy (non-hydrogen) atoms. The van der Waals surface area contributed by atoms with E-state index in [1.54, 1.807) is 0 Å². The van der Waals surface area contributed by atoms with Crippen LogP contribution in [0, 0.1) is 0 Å². The molecule has 4 heteroatoms. The zero-order chi connectivity index (χ0) is 13.5. The molecule has 103 valence electrons. The number of ether oxygens (including phenoxy) is 1. The van der Waals surface area contributed by atoms with Crippen molar-refractivity contribution < 1.29 is 9.53 Å². The van der Waals surface area contributed by atoms with Crippen LogP contribution in [0.3, 0.4) is 0 Å². The molecule has 0 atom stereocenters. The molecule has 0 spiro atoms. The Balaban J connectivity index is 0. The van der Waals surface area contributed by atoms with Gasteiger partial charge in [0, 0.05) is 0 Å². The number of hydrogen-bond acceptors (Lipinski definition) is 3. The van der Waals surface area contributed by atoms with Gasteiger partial charge in [-0.3, -0.25) is 4.79 Å². The van der Waals surface area contributed by atoms with Gasteiger partial charge in [0.1, 0.15) is 0 Å². The molecule has 0 aliphatic heterocycles. The molecule has 0 aliphatic carbocycles. The van der Waals surface area contributed by atoms with Crippen LogP contribution in [0.2, 0.25) is 14.8 Å². The molecule has 2 nitrogen and oxygen atoms in total. The first-order valence-electron chi connectivity index (χ1n) is 6.57. The molecule has 0 bridgehead atoms. The number of unbranched alkanes of at least 4 members (excludes halogenated alkanes) is 5. The fourth-order valence-corrected chi connectivity index (χ4v) is 1.21. The SMILES string of the molecule is CCCCCCCCOC(=O)CS.[CH3][Sn]([CH3])[CH3]. The predicted octanol–water partition coefficient (Wildman–Crippen LogP) is 4.19. The van der Waals surface area contributed by atoms with Crippen LogP contribution >= 0.6 is 12.6 Å². The van der Waals surface area contributed by atoms with Crippen molar-refractivity contribution in [1.29, 1.82) is 0 Å². The van der Waals surface area contributed by atoms with Crippen LogP contribution in [0.15, 0.2) is 0 Å². The van der Waals surface area contributed by atoms with Gasteiger partial charge in [-0.15, -0.1) is 0 Å². The molecule has 0 aromatic heterocycles. The summed E-state index contributed by atoms with van der Waals surface area (Å²) in [5, 5.41) is 0. The molecule has 0 aliphatic rings. The Morgan fingerprint density at radius 2 is 1.53 bits per heavy atom. The minimum absolute atomic E-state index is 0.190. The van der Waals surface area contributed by atoms with Crippen LogP contribution in [0.4, 0.5) is 0 Å². The predicted molar refractivity (Wildman–Crippen MR) is 81.5 cm³/mol. The second-order valence-electron chi connectivity index (χ2n) is 4.65. The third-order valence-corrected chi connectivity index (χ3v) is 2.15. The second kappa shape index (κ2) is 16.6. The summed E-state index contributed by atoms with van der Waals surface area (Å²) in [6, 6.07) is 0. The molecule has 0 amide bonds. The molecular formula is C13H29O2SSn. The Kier molecular flexibility index (Phi) is 19.5. The monoisotopic (exact) mass is 369 g/mol. The standard InChI is InChI=1S/C10H20O2S.3CH3.Sn/c1-2-3-4-5-6-7-8-12-10(11)9-13;;;;/h13H,2-9H2,1H3;3*1H3;. The van der Waals surface area contributed by atoms with E-state index in [9.17, 15) is 4.79 Å². The summed E-state index contributed by atoms with van der Waals surface area (Å²) < 4.78 is 4.88. The van der Waals surface area contributed by atoms with Crippen LogP contribution in [0.5, 0.6) is 0 Å². The summed E-state index contributed by atoms with van der Waals surface area (Å²) in [6.45, 7) is 2.76. The Hall–Kier alpha value is 0.619. The van der Waals surface area contributed by atoms with Gasteiger partial charge >= 0.3 is 40.5 Å². The van der Waals surface area contributed by atoms with Crippen molar-refractivity contribution in [3.63, 3.8) is 0 Å². The average Bonchev–Trinajstić information content (AvgIpc) is 2.26. The van der Waals surface area contributed by atoms with Gasteiger partial charge in [0.15, 0.2) is 0 Å². The van der Waals surface area contributed by atoms with Crippen molar-refractivity contribution in [2.75, 3.05) is 12.4 Å². The van der Waals surface area contributed by atoms with Crippen LogP contribution in [0.25, 0.3) is 0 Å². The molecule has 0 aromatic rings. The second-order valence-corrected chi connectivity index (χ2v) is 13.5. The first-order valence-corrected chi connectivity index (χ1v) is 15.8. The molecule has 1 radical (unpaired) electrons. The van der Waals surface area contributed by atoms with E-state index in [-0.39, 0.29) is 11.7 Å². The van der Waals surface area contributed by atoms with E-state index in [0.29, 0.717) is 6.61 Å². The van der Waals surface area contributed by atoms with Crippen LogP contribution < -0.4 is 0 Å². The van der Waals surface area contributed by atoms with E-state index in [2.05, 4.69) is 34.4 Å². The summed E-state index contributed by atoms with van der Waals surface area (Å²) in [5.41, 5.74) is 0. The van der Waals surface area contributed by atoms with E-state index in [0.717, 1.165) is 6.42 Å². The van der Waals surface area contributed by atoms with E-state index in [1.807, 2.05) is 0 Å². The van der Waals surface area contributed by atoms with Gasteiger partial charge < -0.3 is 4.74 Å². The molecule has 0 saturated heterocycles. The molecule has 0 aromatic carbocycles. The molecule has 0 rings (SSSR count). The van der Waals surface area contributed by atoms with Gasteiger partial charge in [-0.1, -0.05) is 39.0 Å². The van der Waals surface area contributed by atoms with E-state index in [4.69, 9.17) is 4.74 Å². The van der Waals surface area contributed by atoms with Crippen molar-refractivity contribution in [1.82, 2.24) is 0 Å². The molecule has 0 fully saturated rings. The van der Waals surface area contributed by atoms with Gasteiger partial charge in [-0.2, -0.15) is 12.6 Å². The Morgan fingerprint density at radius 3 is 2.00 bits per heavy atom. The number of hydrogen-bond donors (Lipinski definition) is 1. The van der Waals surface area contributed by atoms with Gasteiger partial charge in [-0.05, 0) is 6.42 Å². The van der Waals surface area contributed by atoms with E-state index < -0.39 is 19.8 Å². The van der Waals surface area contributed by atoms with Gasteiger partial charge in [-0.25, -0.2) is 0 Å². The summed E-state index contributed by atoms with van der Waals surface area (Å²) >= 11 is 3.27. The molecule has 0 N–H and O–H groups in total. The molecule has 0 saturated carbocycles. The summed E-state index contributed by atoms with van der Waals surface area (Å²) in [4.78, 5) is 17.7. The zero-order valence-corrected chi connectivity index (χ0v) is 15.7. The summed E-state index contributed by atoms with van der Waals surface area (Å²) in [6.07, 6.45) is 7.30. The van der Waals surface area contributed by atoms with Crippen LogP contribution in [0.1, 0.15) is 45.4 Å². The van der Waals surface area contributed by atoms with E-state index in [1.165, 1.54) is 32.1 Å². The van der Waals surface area contributed by atoms with Crippen molar-refractivity contribution in [2.24, 2.45) is 0 Å². The first kappa shape index (κ1) is 19.9. The maximum atomic E-state index is 10.6. The van der Waals surface area contributed by atoms with Crippen LogP contribution in [-0.2, 0) is 9.53 Å². The average molecular weight is 368 g/mol. The third-order valence-electron chi connectivity index (χ3n) is 1.89. The van der Waals surface area contributed by atoms with Crippen molar-refractivity contribution in [2.45, 2.75) is 60.3 Å². The van der Waals surface area contributed by atoms with Crippen molar-refractivity contribution >= 4 is 38.4 Å². The normalized spacial score (nSPS) is 9.76. The number of esters is 1. The van der Waals surface area contributed by atoms with Gasteiger partial charge in [0.05, 0.1) is 12.4 Å². The first-order chi connectivity index (χ1) is 8.04. The summed E-state index contributed by atoms with van der Waals surface area (Å²) in [7, 11) is 0. The minimum atomic E-state index is -0.543. The summed E-state index contributed by atoms with van der Waals surface area (Å²) in [5.74, 6) is -0.0209. The quantitative estimate of drug-likeness (QED) is 0.301. The number of rotatable bonds is 8. The van der Waals surface area contributed by atoms with E-state index >= 15 is 0 Å². The van der Waals surface area contributed by atoms with Crippen LogP contribution in [-0.4, -0.2) is 38.1 Å². The van der Waals surface area contributed by atoms with Gasteiger partial charge in [0.25, 0.3) is 0 Å².